The Morgan fingerprint density at radius 2 is 1.73 bits per heavy atom. The van der Waals surface area contributed by atoms with Gasteiger partial charge < -0.3 is 10.1 Å². The van der Waals surface area contributed by atoms with E-state index < -0.39 is 18.0 Å². The molecule has 0 aliphatic rings. The van der Waals surface area contributed by atoms with Crippen LogP contribution in [0.15, 0.2) is 54.6 Å². The summed E-state index contributed by atoms with van der Waals surface area (Å²) in [6.45, 7) is 1.50. The van der Waals surface area contributed by atoms with Crippen LogP contribution in [0.1, 0.15) is 22.8 Å². The molecule has 5 nitrogen and oxygen atoms in total. The summed E-state index contributed by atoms with van der Waals surface area (Å²) in [6, 6.07) is 16.9. The van der Waals surface area contributed by atoms with Gasteiger partial charge in [0.2, 0.25) is 0 Å². The van der Waals surface area contributed by atoms with Crippen LogP contribution in [0.3, 0.4) is 0 Å². The van der Waals surface area contributed by atoms with E-state index in [9.17, 15) is 9.59 Å². The second kappa shape index (κ2) is 7.04. The average Bonchev–Trinajstić information content (AvgIpc) is 2.56. The molecule has 0 saturated carbocycles. The normalized spacial score (nSPS) is 11.1. The van der Waals surface area contributed by atoms with Crippen LogP contribution < -0.4 is 5.32 Å². The molecule has 0 fully saturated rings. The van der Waals surface area contributed by atoms with Crippen molar-refractivity contribution in [3.63, 3.8) is 0 Å². The number of carbonyl (C=O) groups is 2. The van der Waals surface area contributed by atoms with Crippen LogP contribution in [0.2, 0.25) is 0 Å². The lowest BCUT2D eigenvalue weighted by Gasteiger charge is -2.13. The van der Waals surface area contributed by atoms with Gasteiger partial charge in [0, 0.05) is 5.69 Å². The molecule has 1 atom stereocenters. The predicted molar refractivity (Wildman–Crippen MR) is 81.1 cm³/mol. The van der Waals surface area contributed by atoms with E-state index >= 15 is 0 Å². The average molecular weight is 294 g/mol. The zero-order valence-electron chi connectivity index (χ0n) is 11.9. The summed E-state index contributed by atoms with van der Waals surface area (Å²) < 4.78 is 5.11. The maximum absolute atomic E-state index is 12.0. The summed E-state index contributed by atoms with van der Waals surface area (Å²) in [7, 11) is 0. The number of hydrogen-bond acceptors (Lipinski definition) is 4. The van der Waals surface area contributed by atoms with Gasteiger partial charge in [0.25, 0.3) is 5.91 Å². The Labute approximate surface area is 128 Å². The van der Waals surface area contributed by atoms with E-state index in [0.717, 1.165) is 0 Å². The summed E-state index contributed by atoms with van der Waals surface area (Å²) >= 11 is 0. The number of rotatable bonds is 4. The first-order chi connectivity index (χ1) is 10.6. The van der Waals surface area contributed by atoms with Crippen molar-refractivity contribution >= 4 is 17.6 Å². The van der Waals surface area contributed by atoms with Crippen molar-refractivity contribution in [1.29, 1.82) is 5.26 Å². The molecule has 0 unspecified atom stereocenters. The molecule has 0 heterocycles. The molecule has 0 radical (unpaired) electrons. The molecule has 2 aromatic rings. The zero-order chi connectivity index (χ0) is 15.9. The molecule has 0 aromatic heterocycles. The quantitative estimate of drug-likeness (QED) is 0.879. The van der Waals surface area contributed by atoms with Crippen LogP contribution in [-0.2, 0) is 9.53 Å². The molecule has 5 heteroatoms. The van der Waals surface area contributed by atoms with E-state index in [4.69, 9.17) is 10.00 Å². The third-order valence-electron chi connectivity index (χ3n) is 2.94. The molecule has 0 bridgehead atoms. The second-order valence-electron chi connectivity index (χ2n) is 4.59. The minimum atomic E-state index is -0.927. The minimum absolute atomic E-state index is 0.389. The van der Waals surface area contributed by atoms with Crippen molar-refractivity contribution in [2.24, 2.45) is 0 Å². The van der Waals surface area contributed by atoms with Gasteiger partial charge in [-0.1, -0.05) is 18.2 Å². The molecule has 0 saturated heterocycles. The third kappa shape index (κ3) is 3.93. The number of nitriles is 1. The van der Waals surface area contributed by atoms with Gasteiger partial charge >= 0.3 is 5.97 Å². The fraction of sp³-hybridized carbons (Fsp3) is 0.118. The van der Waals surface area contributed by atoms with Crippen molar-refractivity contribution < 1.29 is 14.3 Å². The molecule has 2 aromatic carbocycles. The fourth-order valence-electron chi connectivity index (χ4n) is 1.73. The Balaban J connectivity index is 1.94. The molecular formula is C17H14N2O3. The third-order valence-corrected chi connectivity index (χ3v) is 2.94. The number of benzene rings is 2. The smallest absolute Gasteiger partial charge is 0.338 e. The van der Waals surface area contributed by atoms with Gasteiger partial charge in [-0.2, -0.15) is 5.26 Å². The zero-order valence-corrected chi connectivity index (χ0v) is 11.9. The molecule has 22 heavy (non-hydrogen) atoms. The van der Waals surface area contributed by atoms with E-state index in [1.807, 2.05) is 6.07 Å². The first-order valence-corrected chi connectivity index (χ1v) is 6.67. The van der Waals surface area contributed by atoms with Gasteiger partial charge in [-0.3, -0.25) is 4.79 Å². The lowest BCUT2D eigenvalue weighted by atomic mass is 10.2. The monoisotopic (exact) mass is 294 g/mol. The first kappa shape index (κ1) is 15.3. The van der Waals surface area contributed by atoms with Crippen molar-refractivity contribution in [2.45, 2.75) is 13.0 Å². The molecule has 0 aliphatic carbocycles. The van der Waals surface area contributed by atoms with E-state index in [-0.39, 0.29) is 0 Å². The lowest BCUT2D eigenvalue weighted by Crippen LogP contribution is -2.29. The molecule has 110 valence electrons. The van der Waals surface area contributed by atoms with Crippen LogP contribution >= 0.6 is 0 Å². The summed E-state index contributed by atoms with van der Waals surface area (Å²) in [5.74, 6) is -0.989. The molecule has 0 aliphatic heterocycles. The number of carbonyl (C=O) groups excluding carboxylic acids is 2. The maximum Gasteiger partial charge on any atom is 0.338 e. The lowest BCUT2D eigenvalue weighted by molar-refractivity contribution is -0.123. The van der Waals surface area contributed by atoms with Crippen molar-refractivity contribution in [3.8, 4) is 6.07 Å². The Morgan fingerprint density at radius 1 is 1.09 bits per heavy atom. The summed E-state index contributed by atoms with van der Waals surface area (Å²) in [4.78, 5) is 23.8. The highest BCUT2D eigenvalue weighted by Crippen LogP contribution is 2.10. The van der Waals surface area contributed by atoms with Crippen molar-refractivity contribution in [2.75, 3.05) is 5.32 Å². The minimum Gasteiger partial charge on any atom is -0.449 e. The second-order valence-corrected chi connectivity index (χ2v) is 4.59. The number of hydrogen-bond donors (Lipinski definition) is 1. The van der Waals surface area contributed by atoms with Crippen molar-refractivity contribution in [1.82, 2.24) is 0 Å². The van der Waals surface area contributed by atoms with Gasteiger partial charge in [0.1, 0.15) is 0 Å². The van der Waals surface area contributed by atoms with Gasteiger partial charge in [0.15, 0.2) is 6.10 Å². The van der Waals surface area contributed by atoms with Gasteiger partial charge in [-0.05, 0) is 43.3 Å². The highest BCUT2D eigenvalue weighted by molar-refractivity contribution is 5.97. The van der Waals surface area contributed by atoms with E-state index in [2.05, 4.69) is 5.32 Å². The van der Waals surface area contributed by atoms with Crippen LogP contribution in [0, 0.1) is 11.3 Å². The van der Waals surface area contributed by atoms with Gasteiger partial charge in [-0.15, -0.1) is 0 Å². The maximum atomic E-state index is 12.0. The van der Waals surface area contributed by atoms with Crippen LogP contribution in [0.4, 0.5) is 5.69 Å². The standard InChI is InChI=1S/C17H14N2O3/c1-12(22-17(21)14-5-3-2-4-6-14)16(20)19-15-9-7-13(11-18)8-10-15/h2-10,12H,1H3,(H,19,20)/t12-/m0/s1. The largest absolute Gasteiger partial charge is 0.449 e. The van der Waals surface area contributed by atoms with E-state index in [0.29, 0.717) is 16.8 Å². The van der Waals surface area contributed by atoms with Crippen LogP contribution in [0.5, 0.6) is 0 Å². The molecule has 1 amide bonds. The SMILES string of the molecule is C[C@H](OC(=O)c1ccccc1)C(=O)Nc1ccc(C#N)cc1. The Bertz CT molecular complexity index is 703. The number of esters is 1. The first-order valence-electron chi connectivity index (χ1n) is 6.67. The summed E-state index contributed by atoms with van der Waals surface area (Å²) in [6.07, 6.45) is -0.927. The molecule has 2 rings (SSSR count). The van der Waals surface area contributed by atoms with Gasteiger partial charge in [-0.25, -0.2) is 4.79 Å². The molecular weight excluding hydrogens is 280 g/mol. The summed E-state index contributed by atoms with van der Waals surface area (Å²) in [5, 5.41) is 11.3. The number of amides is 1. The molecule has 0 spiro atoms. The summed E-state index contributed by atoms with van der Waals surface area (Å²) in [5.41, 5.74) is 1.42. The van der Waals surface area contributed by atoms with Crippen molar-refractivity contribution in [3.05, 3.63) is 65.7 Å². The number of nitrogens with zero attached hydrogens (tertiary/aromatic N) is 1. The fourth-order valence-corrected chi connectivity index (χ4v) is 1.73. The Kier molecular flexibility index (Phi) is 4.89. The topological polar surface area (TPSA) is 79.2 Å². The highest BCUT2D eigenvalue weighted by atomic mass is 16.5. The van der Waals surface area contributed by atoms with Crippen LogP contribution in [-0.4, -0.2) is 18.0 Å². The predicted octanol–water partition coefficient (Wildman–Crippen LogP) is 2.74. The van der Waals surface area contributed by atoms with E-state index in [1.165, 1.54) is 6.92 Å². The van der Waals surface area contributed by atoms with E-state index in [1.54, 1.807) is 54.6 Å². The Hall–Kier alpha value is -3.13. The number of anilines is 1. The number of nitrogens with one attached hydrogen (secondary N) is 1. The van der Waals surface area contributed by atoms with Gasteiger partial charge in [0.05, 0.1) is 17.2 Å². The number of ether oxygens (including phenoxy) is 1. The highest BCUT2D eigenvalue weighted by Gasteiger charge is 2.18. The van der Waals surface area contributed by atoms with Crippen LogP contribution in [0.25, 0.3) is 0 Å². The molecule has 1 N–H and O–H groups in total. The Morgan fingerprint density at radius 3 is 2.32 bits per heavy atom.